The van der Waals surface area contributed by atoms with Crippen LogP contribution in [-0.2, 0) is 13.0 Å². The predicted octanol–water partition coefficient (Wildman–Crippen LogP) is 4.07. The minimum atomic E-state index is -0.623. The van der Waals surface area contributed by atoms with Gasteiger partial charge in [-0.25, -0.2) is 9.37 Å². The van der Waals surface area contributed by atoms with Crippen LogP contribution in [0.5, 0.6) is 5.75 Å². The quantitative estimate of drug-likeness (QED) is 0.202. The van der Waals surface area contributed by atoms with Gasteiger partial charge >= 0.3 is 0 Å². The third kappa shape index (κ3) is 4.24. The molecular weight excluding hydrogens is 407 g/mol. The van der Waals surface area contributed by atoms with Crippen molar-refractivity contribution in [2.75, 3.05) is 13.2 Å². The van der Waals surface area contributed by atoms with Crippen molar-refractivity contribution in [1.82, 2.24) is 30.8 Å². The molecule has 7 nitrogen and oxygen atoms in total. The van der Waals surface area contributed by atoms with Gasteiger partial charge in [-0.2, -0.15) is 5.10 Å². The number of H-pyrrole nitrogens is 2. The first-order chi connectivity index (χ1) is 15.6. The first-order valence-corrected chi connectivity index (χ1v) is 11.1. The molecule has 2 heterocycles. The second-order valence-corrected chi connectivity index (χ2v) is 8.39. The lowest BCUT2D eigenvalue weighted by Gasteiger charge is -2.10. The molecule has 0 amide bonds. The molecule has 5 rings (SSSR count). The Bertz CT molecular complexity index is 1240. The number of fused-ring (bicyclic) bond motifs is 1. The normalized spacial score (nSPS) is 13.8. The summed E-state index contributed by atoms with van der Waals surface area (Å²) in [5, 5.41) is 24.9. The van der Waals surface area contributed by atoms with Gasteiger partial charge in [-0.05, 0) is 72.7 Å². The molecule has 1 saturated carbocycles. The first kappa shape index (κ1) is 20.7. The van der Waals surface area contributed by atoms with Crippen molar-refractivity contribution in [3.05, 3.63) is 53.6 Å². The monoisotopic (exact) mass is 434 g/mol. The number of aromatic nitrogens is 4. The van der Waals surface area contributed by atoms with Crippen LogP contribution in [0.25, 0.3) is 33.5 Å². The molecule has 2 aromatic carbocycles. The molecule has 5 N–H and O–H groups in total. The number of imidazole rings is 1. The van der Waals surface area contributed by atoms with Gasteiger partial charge in [0, 0.05) is 24.8 Å². The number of aromatic amines is 2. The van der Waals surface area contributed by atoms with Crippen molar-refractivity contribution in [3.63, 3.8) is 0 Å². The van der Waals surface area contributed by atoms with Gasteiger partial charge in [0.1, 0.15) is 5.69 Å². The second kappa shape index (κ2) is 8.72. The molecule has 166 valence electrons. The number of halogens is 1. The SMILES string of the molecule is CCc1cc(O)c(F)cc1-c1ccc2c(-c3nc(CNCNCC4CC4)c[nH]3)n[nH]c2c1. The molecule has 1 fully saturated rings. The number of hydrogen-bond donors (Lipinski definition) is 5. The zero-order valence-corrected chi connectivity index (χ0v) is 18.0. The molecule has 0 radical (unpaired) electrons. The molecule has 0 unspecified atom stereocenters. The molecule has 0 atom stereocenters. The topological polar surface area (TPSA) is 102 Å². The minimum absolute atomic E-state index is 0.322. The van der Waals surface area contributed by atoms with Crippen LogP contribution in [0.15, 0.2) is 36.5 Å². The Balaban J connectivity index is 1.33. The number of phenols is 1. The summed E-state index contributed by atoms with van der Waals surface area (Å²) in [6.07, 6.45) is 5.28. The van der Waals surface area contributed by atoms with Crippen LogP contribution in [0, 0.1) is 11.7 Å². The van der Waals surface area contributed by atoms with Crippen molar-refractivity contribution in [2.24, 2.45) is 5.92 Å². The second-order valence-electron chi connectivity index (χ2n) is 8.39. The van der Waals surface area contributed by atoms with Crippen LogP contribution < -0.4 is 10.6 Å². The first-order valence-electron chi connectivity index (χ1n) is 11.1. The molecule has 32 heavy (non-hydrogen) atoms. The van der Waals surface area contributed by atoms with Gasteiger partial charge in [0.25, 0.3) is 0 Å². The summed E-state index contributed by atoms with van der Waals surface area (Å²) in [5.74, 6) is 0.625. The Morgan fingerprint density at radius 3 is 2.88 bits per heavy atom. The maximum atomic E-state index is 14.0. The van der Waals surface area contributed by atoms with E-state index in [0.29, 0.717) is 18.8 Å². The van der Waals surface area contributed by atoms with Gasteiger partial charge < -0.3 is 15.4 Å². The van der Waals surface area contributed by atoms with Crippen molar-refractivity contribution >= 4 is 10.9 Å². The van der Waals surface area contributed by atoms with Crippen molar-refractivity contribution in [2.45, 2.75) is 32.7 Å². The molecule has 0 spiro atoms. The van der Waals surface area contributed by atoms with Gasteiger partial charge in [0.2, 0.25) is 0 Å². The lowest BCUT2D eigenvalue weighted by molar-refractivity contribution is 0.432. The van der Waals surface area contributed by atoms with Crippen LogP contribution in [0.4, 0.5) is 4.39 Å². The van der Waals surface area contributed by atoms with Crippen LogP contribution in [0.2, 0.25) is 0 Å². The molecule has 0 aliphatic heterocycles. The van der Waals surface area contributed by atoms with Crippen molar-refractivity contribution < 1.29 is 9.50 Å². The highest BCUT2D eigenvalue weighted by Gasteiger charge is 2.20. The highest BCUT2D eigenvalue weighted by Crippen LogP contribution is 2.33. The molecule has 8 heteroatoms. The summed E-state index contributed by atoms with van der Waals surface area (Å²) in [7, 11) is 0. The van der Waals surface area contributed by atoms with Gasteiger partial charge in [0.05, 0.1) is 11.2 Å². The van der Waals surface area contributed by atoms with Gasteiger partial charge in [-0.3, -0.25) is 10.4 Å². The van der Waals surface area contributed by atoms with E-state index in [9.17, 15) is 9.50 Å². The lowest BCUT2D eigenvalue weighted by Crippen LogP contribution is -2.30. The Kier molecular flexibility index (Phi) is 5.63. The van der Waals surface area contributed by atoms with Gasteiger partial charge in [-0.15, -0.1) is 0 Å². The molecule has 0 saturated heterocycles. The van der Waals surface area contributed by atoms with Gasteiger partial charge in [-0.1, -0.05) is 13.0 Å². The van der Waals surface area contributed by atoms with Crippen LogP contribution in [0.3, 0.4) is 0 Å². The Labute approximate surface area is 185 Å². The summed E-state index contributed by atoms with van der Waals surface area (Å²) >= 11 is 0. The highest BCUT2D eigenvalue weighted by molar-refractivity contribution is 5.94. The Morgan fingerprint density at radius 2 is 2.06 bits per heavy atom. The fourth-order valence-corrected chi connectivity index (χ4v) is 3.98. The zero-order chi connectivity index (χ0) is 22.1. The van der Waals surface area contributed by atoms with Crippen molar-refractivity contribution in [3.8, 4) is 28.4 Å². The number of aryl methyl sites for hydroxylation is 1. The van der Waals surface area contributed by atoms with E-state index < -0.39 is 5.82 Å². The largest absolute Gasteiger partial charge is 0.505 e. The summed E-state index contributed by atoms with van der Waals surface area (Å²) in [4.78, 5) is 7.89. The molecule has 4 aromatic rings. The maximum absolute atomic E-state index is 14.0. The summed E-state index contributed by atoms with van der Waals surface area (Å²) < 4.78 is 14.0. The number of phenolic OH excluding ortho intramolecular Hbond substituents is 1. The number of benzene rings is 2. The molecular formula is C24H27FN6O. The minimum Gasteiger partial charge on any atom is -0.505 e. The third-order valence-electron chi connectivity index (χ3n) is 5.97. The van der Waals surface area contributed by atoms with Crippen LogP contribution in [0.1, 0.15) is 31.0 Å². The van der Waals surface area contributed by atoms with E-state index in [-0.39, 0.29) is 5.75 Å². The predicted molar refractivity (Wildman–Crippen MR) is 123 cm³/mol. The van der Waals surface area contributed by atoms with E-state index in [0.717, 1.165) is 58.1 Å². The van der Waals surface area contributed by atoms with Gasteiger partial charge in [0.15, 0.2) is 17.4 Å². The van der Waals surface area contributed by atoms with E-state index >= 15 is 0 Å². The van der Waals surface area contributed by atoms with E-state index in [4.69, 9.17) is 0 Å². The summed E-state index contributed by atoms with van der Waals surface area (Å²) in [5.41, 5.74) is 5.03. The summed E-state index contributed by atoms with van der Waals surface area (Å²) in [6, 6.07) is 8.75. The van der Waals surface area contributed by atoms with E-state index in [1.165, 1.54) is 25.0 Å². The van der Waals surface area contributed by atoms with Crippen LogP contribution >= 0.6 is 0 Å². The number of nitrogens with one attached hydrogen (secondary N) is 4. The molecule has 1 aliphatic rings. The third-order valence-corrected chi connectivity index (χ3v) is 5.97. The van der Waals surface area contributed by atoms with E-state index in [2.05, 4.69) is 30.8 Å². The average molecular weight is 435 g/mol. The fraction of sp³-hybridized carbons (Fsp3) is 0.333. The number of nitrogens with zero attached hydrogens (tertiary/aromatic N) is 2. The lowest BCUT2D eigenvalue weighted by atomic mass is 9.96. The molecule has 0 bridgehead atoms. The number of hydrogen-bond acceptors (Lipinski definition) is 5. The number of aromatic hydroxyl groups is 1. The highest BCUT2D eigenvalue weighted by atomic mass is 19.1. The summed E-state index contributed by atoms with van der Waals surface area (Å²) in [6.45, 7) is 4.50. The smallest absolute Gasteiger partial charge is 0.165 e. The van der Waals surface area contributed by atoms with E-state index in [1.807, 2.05) is 31.3 Å². The number of rotatable bonds is 9. The fourth-order valence-electron chi connectivity index (χ4n) is 3.98. The Morgan fingerprint density at radius 1 is 1.19 bits per heavy atom. The maximum Gasteiger partial charge on any atom is 0.165 e. The molecule has 2 aromatic heterocycles. The Hall–Kier alpha value is -3.23. The average Bonchev–Trinajstić information content (AvgIpc) is 3.34. The van der Waals surface area contributed by atoms with E-state index in [1.54, 1.807) is 0 Å². The van der Waals surface area contributed by atoms with Crippen LogP contribution in [-0.4, -0.2) is 38.5 Å². The zero-order valence-electron chi connectivity index (χ0n) is 18.0. The molecule has 1 aliphatic carbocycles. The standard InChI is InChI=1S/C24H27FN6O/c1-2-15-8-22(32)20(25)9-19(15)16-5-6-18-21(7-16)30-31-23(18)24-28-12-17(29-24)11-27-13-26-10-14-3-4-14/h5-9,12,14,26-27,32H,2-4,10-11,13H2,1H3,(H,28,29)(H,30,31). The van der Waals surface area contributed by atoms with Crippen molar-refractivity contribution in [1.29, 1.82) is 0 Å².